The van der Waals surface area contributed by atoms with Gasteiger partial charge in [0.2, 0.25) is 0 Å². The van der Waals surface area contributed by atoms with Crippen LogP contribution in [0.3, 0.4) is 0 Å². The first-order valence-corrected chi connectivity index (χ1v) is 7.67. The van der Waals surface area contributed by atoms with Crippen molar-refractivity contribution in [3.63, 3.8) is 0 Å². The Balaban J connectivity index is 0.00000110. The molecule has 2 aliphatic rings. The molecule has 1 amide bonds. The van der Waals surface area contributed by atoms with E-state index >= 15 is 0 Å². The van der Waals surface area contributed by atoms with Gasteiger partial charge in [-0.3, -0.25) is 4.79 Å². The van der Waals surface area contributed by atoms with Gasteiger partial charge in [0.15, 0.2) is 0 Å². The van der Waals surface area contributed by atoms with Crippen LogP contribution in [-0.4, -0.2) is 36.7 Å². The van der Waals surface area contributed by atoms with E-state index in [4.69, 9.17) is 4.74 Å². The number of aryl methyl sites for hydroxylation is 1. The number of rotatable bonds is 4. The molecule has 120 valence electrons. The monoisotopic (exact) mass is 353 g/mol. The molecule has 1 saturated heterocycles. The first-order valence-electron chi connectivity index (χ1n) is 6.79. The zero-order valence-electron chi connectivity index (χ0n) is 11.8. The second-order valence-corrected chi connectivity index (χ2v) is 6.10. The van der Waals surface area contributed by atoms with E-state index in [2.05, 4.69) is 15.6 Å². The second-order valence-electron chi connectivity index (χ2n) is 5.21. The number of carbonyl (C=O) groups is 1. The fourth-order valence-electron chi connectivity index (χ4n) is 2.31. The lowest BCUT2D eigenvalue weighted by Crippen LogP contribution is -2.48. The van der Waals surface area contributed by atoms with E-state index in [0.717, 1.165) is 17.2 Å². The van der Waals surface area contributed by atoms with E-state index in [-0.39, 0.29) is 42.9 Å². The third-order valence-electron chi connectivity index (χ3n) is 3.51. The molecule has 2 fully saturated rings. The molecule has 2 heterocycles. The van der Waals surface area contributed by atoms with Crippen molar-refractivity contribution >= 4 is 42.1 Å². The number of hydrogen-bond acceptors (Lipinski definition) is 5. The van der Waals surface area contributed by atoms with Crippen LogP contribution in [0.15, 0.2) is 5.38 Å². The van der Waals surface area contributed by atoms with Gasteiger partial charge in [-0.1, -0.05) is 0 Å². The van der Waals surface area contributed by atoms with Crippen LogP contribution >= 0.6 is 36.2 Å². The van der Waals surface area contributed by atoms with E-state index in [9.17, 15) is 4.79 Å². The summed E-state index contributed by atoms with van der Waals surface area (Å²) in [4.78, 5) is 16.7. The van der Waals surface area contributed by atoms with Crippen molar-refractivity contribution in [2.75, 3.05) is 19.7 Å². The molecule has 3 rings (SSSR count). The smallest absolute Gasteiger partial charge is 0.251 e. The minimum absolute atomic E-state index is 0. The lowest BCUT2D eigenvalue weighted by molar-refractivity contribution is -0.135. The van der Waals surface area contributed by atoms with Crippen molar-refractivity contribution in [2.24, 2.45) is 5.92 Å². The van der Waals surface area contributed by atoms with Gasteiger partial charge in [-0.05, 0) is 25.7 Å². The SMILES string of the molecule is Cc1csc(C(NC(=O)C2CNCCO2)C2CC2)n1.Cl.Cl. The Morgan fingerprint density at radius 1 is 1.52 bits per heavy atom. The van der Waals surface area contributed by atoms with Gasteiger partial charge in [0, 0.05) is 24.2 Å². The minimum Gasteiger partial charge on any atom is -0.366 e. The Morgan fingerprint density at radius 3 is 2.81 bits per heavy atom. The molecule has 2 unspecified atom stereocenters. The first-order chi connectivity index (χ1) is 9.24. The summed E-state index contributed by atoms with van der Waals surface area (Å²) in [5.74, 6) is 0.531. The molecule has 5 nitrogen and oxygen atoms in total. The number of thiazole rings is 1. The molecule has 1 aliphatic heterocycles. The average Bonchev–Trinajstić information content (AvgIpc) is 3.19. The minimum atomic E-state index is -0.365. The standard InChI is InChI=1S/C13H19N3O2S.2ClH/c1-8-7-19-13(15-8)11(9-2-3-9)16-12(17)10-6-14-4-5-18-10;;/h7,9-11,14H,2-6H2,1H3,(H,16,17);2*1H. The van der Waals surface area contributed by atoms with Gasteiger partial charge in [-0.15, -0.1) is 36.2 Å². The van der Waals surface area contributed by atoms with E-state index in [1.807, 2.05) is 12.3 Å². The van der Waals surface area contributed by atoms with Crippen LogP contribution in [0.5, 0.6) is 0 Å². The summed E-state index contributed by atoms with van der Waals surface area (Å²) < 4.78 is 5.49. The number of morpholine rings is 1. The third-order valence-corrected chi connectivity index (χ3v) is 4.56. The Kier molecular flexibility index (Phi) is 7.36. The number of nitrogens with zero attached hydrogens (tertiary/aromatic N) is 1. The van der Waals surface area contributed by atoms with Gasteiger partial charge < -0.3 is 15.4 Å². The predicted octanol–water partition coefficient (Wildman–Crippen LogP) is 1.85. The Labute approximate surface area is 141 Å². The topological polar surface area (TPSA) is 63.2 Å². The molecule has 0 radical (unpaired) electrons. The molecule has 21 heavy (non-hydrogen) atoms. The van der Waals surface area contributed by atoms with Crippen LogP contribution in [0.25, 0.3) is 0 Å². The molecule has 1 saturated carbocycles. The van der Waals surface area contributed by atoms with Gasteiger partial charge >= 0.3 is 0 Å². The molecule has 1 aromatic heterocycles. The molecule has 2 N–H and O–H groups in total. The highest BCUT2D eigenvalue weighted by molar-refractivity contribution is 7.09. The second kappa shape index (κ2) is 8.29. The summed E-state index contributed by atoms with van der Waals surface area (Å²) in [5.41, 5.74) is 1.02. The van der Waals surface area contributed by atoms with Crippen LogP contribution in [0.1, 0.15) is 29.6 Å². The van der Waals surface area contributed by atoms with Crippen LogP contribution in [0, 0.1) is 12.8 Å². The van der Waals surface area contributed by atoms with Crippen molar-refractivity contribution in [3.05, 3.63) is 16.1 Å². The summed E-state index contributed by atoms with van der Waals surface area (Å²) in [6, 6.07) is 0.0664. The van der Waals surface area contributed by atoms with Gasteiger partial charge in [-0.25, -0.2) is 4.98 Å². The molecular weight excluding hydrogens is 333 g/mol. The number of hydrogen-bond donors (Lipinski definition) is 2. The lowest BCUT2D eigenvalue weighted by atomic mass is 10.1. The maximum absolute atomic E-state index is 12.2. The number of nitrogens with one attached hydrogen (secondary N) is 2. The summed E-state index contributed by atoms with van der Waals surface area (Å²) >= 11 is 1.63. The van der Waals surface area contributed by atoms with Crippen molar-refractivity contribution in [1.29, 1.82) is 0 Å². The lowest BCUT2D eigenvalue weighted by Gasteiger charge is -2.25. The third kappa shape index (κ3) is 4.79. The van der Waals surface area contributed by atoms with Gasteiger partial charge in [0.05, 0.1) is 12.6 Å². The highest BCUT2D eigenvalue weighted by Crippen LogP contribution is 2.41. The molecule has 0 aromatic carbocycles. The van der Waals surface area contributed by atoms with E-state index in [0.29, 0.717) is 19.1 Å². The molecule has 8 heteroatoms. The van der Waals surface area contributed by atoms with Crippen LogP contribution in [-0.2, 0) is 9.53 Å². The van der Waals surface area contributed by atoms with Crippen LogP contribution < -0.4 is 10.6 Å². The van der Waals surface area contributed by atoms with Crippen molar-refractivity contribution in [3.8, 4) is 0 Å². The van der Waals surface area contributed by atoms with Crippen LogP contribution in [0.4, 0.5) is 0 Å². The highest BCUT2D eigenvalue weighted by atomic mass is 35.5. The molecule has 1 aromatic rings. The zero-order chi connectivity index (χ0) is 13.2. The van der Waals surface area contributed by atoms with Gasteiger partial charge in [0.1, 0.15) is 11.1 Å². The zero-order valence-corrected chi connectivity index (χ0v) is 14.3. The largest absolute Gasteiger partial charge is 0.366 e. The summed E-state index contributed by atoms with van der Waals surface area (Å²) in [7, 11) is 0. The molecular formula is C13H21Cl2N3O2S. The fourth-order valence-corrected chi connectivity index (χ4v) is 3.24. The summed E-state index contributed by atoms with van der Waals surface area (Å²) in [6.45, 7) is 4.00. The van der Waals surface area contributed by atoms with E-state index in [1.165, 1.54) is 12.8 Å². The number of amides is 1. The number of ether oxygens (including phenoxy) is 1. The van der Waals surface area contributed by atoms with E-state index in [1.54, 1.807) is 11.3 Å². The number of carbonyl (C=O) groups excluding carboxylic acids is 1. The Bertz CT molecular complexity index is 462. The number of aromatic nitrogens is 1. The van der Waals surface area contributed by atoms with Crippen molar-refractivity contribution in [2.45, 2.75) is 31.9 Å². The van der Waals surface area contributed by atoms with E-state index < -0.39 is 0 Å². The quantitative estimate of drug-likeness (QED) is 0.866. The first kappa shape index (κ1) is 18.6. The molecule has 2 atom stereocenters. The molecule has 0 spiro atoms. The maximum atomic E-state index is 12.2. The maximum Gasteiger partial charge on any atom is 0.251 e. The van der Waals surface area contributed by atoms with Gasteiger partial charge in [-0.2, -0.15) is 0 Å². The molecule has 0 bridgehead atoms. The summed E-state index contributed by atoms with van der Waals surface area (Å²) in [5, 5.41) is 9.36. The number of halogens is 2. The highest BCUT2D eigenvalue weighted by Gasteiger charge is 2.36. The average molecular weight is 354 g/mol. The van der Waals surface area contributed by atoms with Crippen molar-refractivity contribution in [1.82, 2.24) is 15.6 Å². The fraction of sp³-hybridized carbons (Fsp3) is 0.692. The molecule has 1 aliphatic carbocycles. The van der Waals surface area contributed by atoms with Crippen LogP contribution in [0.2, 0.25) is 0 Å². The normalized spacial score (nSPS) is 22.6. The summed E-state index contributed by atoms with van der Waals surface area (Å²) in [6.07, 6.45) is 1.98. The van der Waals surface area contributed by atoms with Gasteiger partial charge in [0.25, 0.3) is 5.91 Å². The Hall–Kier alpha value is -0.400. The van der Waals surface area contributed by atoms with Crippen molar-refractivity contribution < 1.29 is 9.53 Å². The predicted molar refractivity (Wildman–Crippen MR) is 87.6 cm³/mol. The Morgan fingerprint density at radius 2 is 2.29 bits per heavy atom.